The van der Waals surface area contributed by atoms with Gasteiger partial charge in [-0.25, -0.2) is 0 Å². The Kier molecular flexibility index (Phi) is 15.8. The van der Waals surface area contributed by atoms with Crippen molar-refractivity contribution in [2.45, 2.75) is 44.9 Å². The summed E-state index contributed by atoms with van der Waals surface area (Å²) < 4.78 is 0. The van der Waals surface area contributed by atoms with Crippen LogP contribution in [0, 0.1) is 0 Å². The smallest absolute Gasteiger partial charge is 0.0713 e. The number of nitrogens with two attached hydrogens (primary N) is 4. The molecule has 0 bridgehead atoms. The second-order valence-corrected chi connectivity index (χ2v) is 15.3. The lowest BCUT2D eigenvalue weighted by atomic mass is 9.65. The summed E-state index contributed by atoms with van der Waals surface area (Å²) in [7, 11) is 0. The van der Waals surface area contributed by atoms with Crippen LogP contribution in [-0.4, -0.2) is 0 Å². The molecule has 7 aromatic carbocycles. The van der Waals surface area contributed by atoms with Crippen LogP contribution >= 0.6 is 0 Å². The van der Waals surface area contributed by atoms with Crippen LogP contribution in [0.15, 0.2) is 230 Å². The summed E-state index contributed by atoms with van der Waals surface area (Å²) in [6.45, 7) is 11.0. The standard InChI is InChI=1S/C45H36.2C6H7N.C2H6.H4N2/c1-31-13-6-7-16-36-17-8-10-21-42(36)45(31)43-22-11-9-20-40(43)41-30-39(27-28-44(41)45)35-25-23-34(24-26-35)38-19-12-18-37(29-38)32(2)33-14-4-3-5-15-33;2*7-6-4-2-1-3-5-6;2*1-2/h3-11,13-18,20-30,32H,1,12,19H2,2H3;2*1-5H,7H2;1-2H3;1-2H2/b13-6-,16-7-;;;;. The van der Waals surface area contributed by atoms with Crippen molar-refractivity contribution in [3.05, 3.63) is 263 Å². The van der Waals surface area contributed by atoms with Crippen molar-refractivity contribution >= 4 is 23.0 Å². The Morgan fingerprint density at radius 3 is 1.65 bits per heavy atom. The van der Waals surface area contributed by atoms with Crippen molar-refractivity contribution < 1.29 is 0 Å². The van der Waals surface area contributed by atoms with Gasteiger partial charge in [-0.1, -0.05) is 215 Å². The van der Waals surface area contributed by atoms with Gasteiger partial charge in [0.15, 0.2) is 0 Å². The number of rotatable bonds is 4. The van der Waals surface area contributed by atoms with E-state index >= 15 is 0 Å². The highest BCUT2D eigenvalue weighted by Crippen LogP contribution is 2.57. The van der Waals surface area contributed by atoms with E-state index in [0.717, 1.165) is 29.8 Å². The van der Waals surface area contributed by atoms with Crippen LogP contribution in [-0.2, 0) is 5.41 Å². The SMILES string of the molecule is C=C1/C=C\C=C/c2ccccc2C12c1ccccc1-c1cc(-c3ccc(C4=CC(C(C)c5ccccc5)=CCC4)cc3)ccc12.CC.NN.Nc1ccccc1.Nc1ccccc1. The maximum absolute atomic E-state index is 5.36. The molecule has 0 heterocycles. The van der Waals surface area contributed by atoms with E-state index in [1.54, 1.807) is 0 Å². The summed E-state index contributed by atoms with van der Waals surface area (Å²) in [5.41, 5.74) is 28.8. The lowest BCUT2D eigenvalue weighted by Crippen LogP contribution is -2.29. The molecule has 316 valence electrons. The third kappa shape index (κ3) is 10.1. The first-order valence-electron chi connectivity index (χ1n) is 21.8. The van der Waals surface area contributed by atoms with E-state index in [2.05, 4.69) is 183 Å². The molecule has 0 amide bonds. The molecule has 10 rings (SSSR count). The molecule has 0 aromatic heterocycles. The maximum atomic E-state index is 5.36. The molecule has 0 saturated heterocycles. The molecule has 4 heteroatoms. The molecule has 2 atom stereocenters. The minimum Gasteiger partial charge on any atom is -0.399 e. The van der Waals surface area contributed by atoms with Gasteiger partial charge in [-0.15, -0.1) is 0 Å². The maximum Gasteiger partial charge on any atom is 0.0713 e. The number of hydrazine groups is 1. The first-order chi connectivity index (χ1) is 30.9. The van der Waals surface area contributed by atoms with Gasteiger partial charge in [0.2, 0.25) is 0 Å². The van der Waals surface area contributed by atoms with Crippen LogP contribution in [0.4, 0.5) is 11.4 Å². The summed E-state index contributed by atoms with van der Waals surface area (Å²) in [5, 5.41) is 0. The van der Waals surface area contributed by atoms with Gasteiger partial charge in [0.05, 0.1) is 5.41 Å². The highest BCUT2D eigenvalue weighted by atomic mass is 15.0. The Hall–Kier alpha value is -7.24. The Morgan fingerprint density at radius 1 is 0.524 bits per heavy atom. The van der Waals surface area contributed by atoms with Gasteiger partial charge in [0.1, 0.15) is 0 Å². The van der Waals surface area contributed by atoms with Crippen LogP contribution in [0.3, 0.4) is 0 Å². The van der Waals surface area contributed by atoms with Crippen molar-refractivity contribution in [3.8, 4) is 22.3 Å². The lowest BCUT2D eigenvalue weighted by Gasteiger charge is -2.36. The average Bonchev–Trinajstić information content (AvgIpc) is 3.65. The highest BCUT2D eigenvalue weighted by Gasteiger charge is 2.47. The number of allylic oxidation sites excluding steroid dienone is 8. The molecule has 3 aliphatic carbocycles. The van der Waals surface area contributed by atoms with Crippen LogP contribution in [0.1, 0.15) is 72.9 Å². The molecule has 0 radical (unpaired) electrons. The fourth-order valence-electron chi connectivity index (χ4n) is 8.69. The molecule has 4 nitrogen and oxygen atoms in total. The van der Waals surface area contributed by atoms with E-state index in [1.807, 2.05) is 74.5 Å². The second kappa shape index (κ2) is 22.0. The minimum absolute atomic E-state index is 0.394. The van der Waals surface area contributed by atoms with E-state index in [1.165, 1.54) is 66.8 Å². The summed E-state index contributed by atoms with van der Waals surface area (Å²) in [4.78, 5) is 0. The Labute approximate surface area is 375 Å². The fourth-order valence-corrected chi connectivity index (χ4v) is 8.69. The fraction of sp³-hybridized carbons (Fsp3) is 0.119. The highest BCUT2D eigenvalue weighted by molar-refractivity contribution is 5.90. The number of fused-ring (bicyclic) bond motifs is 7. The number of anilines is 2. The average molecular weight is 825 g/mol. The van der Waals surface area contributed by atoms with Gasteiger partial charge in [0.25, 0.3) is 0 Å². The van der Waals surface area contributed by atoms with Crippen molar-refractivity contribution in [3.63, 3.8) is 0 Å². The number of nitrogen functional groups attached to an aromatic ring is 2. The number of hydrogen-bond acceptors (Lipinski definition) is 4. The Bertz CT molecular complexity index is 2650. The van der Waals surface area contributed by atoms with Gasteiger partial charge in [-0.05, 0) is 116 Å². The first-order valence-corrected chi connectivity index (χ1v) is 21.8. The molecule has 3 aliphatic rings. The third-order valence-electron chi connectivity index (χ3n) is 11.7. The van der Waals surface area contributed by atoms with Gasteiger partial charge >= 0.3 is 0 Å². The Balaban J connectivity index is 0.000000308. The van der Waals surface area contributed by atoms with Gasteiger partial charge in [-0.3, -0.25) is 11.7 Å². The van der Waals surface area contributed by atoms with Crippen LogP contribution in [0.2, 0.25) is 0 Å². The van der Waals surface area contributed by atoms with Crippen molar-refractivity contribution in [1.82, 2.24) is 0 Å². The summed E-state index contributed by atoms with van der Waals surface area (Å²) in [6, 6.07) is 63.8. The molecule has 7 aromatic rings. The second-order valence-electron chi connectivity index (χ2n) is 15.3. The molecule has 0 aliphatic heterocycles. The van der Waals surface area contributed by atoms with Crippen LogP contribution in [0.25, 0.3) is 33.9 Å². The van der Waals surface area contributed by atoms with Crippen molar-refractivity contribution in [1.29, 1.82) is 0 Å². The summed E-state index contributed by atoms with van der Waals surface area (Å²) in [6.07, 6.45) is 15.7. The number of para-hydroxylation sites is 2. The molecule has 0 fully saturated rings. The molecule has 0 saturated carbocycles. The predicted octanol–water partition coefficient (Wildman–Crippen LogP) is 14.1. The van der Waals surface area contributed by atoms with E-state index in [0.29, 0.717) is 5.92 Å². The van der Waals surface area contributed by atoms with Crippen molar-refractivity contribution in [2.24, 2.45) is 11.7 Å². The Morgan fingerprint density at radius 2 is 1.03 bits per heavy atom. The topological polar surface area (TPSA) is 104 Å². The van der Waals surface area contributed by atoms with E-state index in [9.17, 15) is 0 Å². The van der Waals surface area contributed by atoms with Gasteiger partial charge in [0, 0.05) is 17.3 Å². The zero-order chi connectivity index (χ0) is 44.6. The summed E-state index contributed by atoms with van der Waals surface area (Å²) >= 11 is 0. The first kappa shape index (κ1) is 45.3. The van der Waals surface area contributed by atoms with Gasteiger partial charge in [-0.2, -0.15) is 0 Å². The van der Waals surface area contributed by atoms with E-state index in [4.69, 9.17) is 11.5 Å². The normalized spacial score (nSPS) is 16.5. The number of benzene rings is 7. The zero-order valence-corrected chi connectivity index (χ0v) is 36.8. The monoisotopic (exact) mass is 824 g/mol. The number of hydrogen-bond donors (Lipinski definition) is 4. The predicted molar refractivity (Wildman–Crippen MR) is 273 cm³/mol. The van der Waals surface area contributed by atoms with E-state index in [-0.39, 0.29) is 0 Å². The largest absolute Gasteiger partial charge is 0.399 e. The van der Waals surface area contributed by atoms with Crippen LogP contribution < -0.4 is 23.2 Å². The lowest BCUT2D eigenvalue weighted by molar-refractivity contribution is 0.767. The molecule has 1 spiro atoms. The molecular formula is C59H60N4. The molecular weight excluding hydrogens is 765 g/mol. The molecule has 63 heavy (non-hydrogen) atoms. The van der Waals surface area contributed by atoms with Crippen LogP contribution in [0.5, 0.6) is 0 Å². The quantitative estimate of drug-likeness (QED) is 0.0806. The molecule has 8 N–H and O–H groups in total. The third-order valence-corrected chi connectivity index (χ3v) is 11.7. The summed E-state index contributed by atoms with van der Waals surface area (Å²) in [5.74, 6) is 8.39. The van der Waals surface area contributed by atoms with E-state index < -0.39 is 5.41 Å². The molecule has 2 unspecified atom stereocenters. The van der Waals surface area contributed by atoms with Crippen molar-refractivity contribution in [2.75, 3.05) is 11.5 Å². The van der Waals surface area contributed by atoms with Gasteiger partial charge < -0.3 is 11.5 Å². The minimum atomic E-state index is -0.429. The zero-order valence-electron chi connectivity index (χ0n) is 36.8.